The second-order valence-electron chi connectivity index (χ2n) is 6.28. The summed E-state index contributed by atoms with van der Waals surface area (Å²) in [7, 11) is -4.20. The molecule has 0 aliphatic heterocycles. The van der Waals surface area contributed by atoms with Gasteiger partial charge in [-0.15, -0.1) is 0 Å². The van der Waals surface area contributed by atoms with Crippen LogP contribution in [0, 0.1) is 11.8 Å². The van der Waals surface area contributed by atoms with Gasteiger partial charge >= 0.3 is 11.9 Å². The zero-order valence-corrected chi connectivity index (χ0v) is 13.6. The Kier molecular flexibility index (Phi) is 5.64. The monoisotopic (exact) mass is 350 g/mol. The molecular formula is C14H22O8S. The lowest BCUT2D eigenvalue weighted by atomic mass is 9.79. The van der Waals surface area contributed by atoms with Crippen molar-refractivity contribution in [1.82, 2.24) is 0 Å². The molecule has 2 atom stereocenters. The van der Waals surface area contributed by atoms with Crippen LogP contribution in [0.15, 0.2) is 0 Å². The zero-order chi connectivity index (χ0) is 17.1. The van der Waals surface area contributed by atoms with Crippen molar-refractivity contribution in [1.29, 1.82) is 0 Å². The number of ether oxygens (including phenoxy) is 2. The van der Waals surface area contributed by atoms with Gasteiger partial charge in [0, 0.05) is 0 Å². The maximum atomic E-state index is 12.1. The lowest BCUT2D eigenvalue weighted by Gasteiger charge is -2.28. The Morgan fingerprint density at radius 2 is 1.57 bits per heavy atom. The van der Waals surface area contributed by atoms with Crippen molar-refractivity contribution in [3.63, 3.8) is 0 Å². The number of carbonyl (C=O) groups excluding carboxylic acids is 2. The van der Waals surface area contributed by atoms with E-state index < -0.39 is 51.9 Å². The van der Waals surface area contributed by atoms with Gasteiger partial charge in [-0.3, -0.25) is 14.1 Å². The quantitative estimate of drug-likeness (QED) is 0.495. The maximum absolute atomic E-state index is 12.1. The molecule has 0 amide bonds. The molecule has 0 aromatic rings. The van der Waals surface area contributed by atoms with Crippen molar-refractivity contribution in [2.75, 3.05) is 19.0 Å². The highest BCUT2D eigenvalue weighted by Crippen LogP contribution is 2.36. The molecule has 2 aliphatic carbocycles. The minimum atomic E-state index is -4.20. The van der Waals surface area contributed by atoms with Gasteiger partial charge in [-0.2, -0.15) is 8.42 Å². The molecule has 0 spiro atoms. The van der Waals surface area contributed by atoms with E-state index in [1.54, 1.807) is 0 Å². The first-order valence-corrected chi connectivity index (χ1v) is 9.32. The molecule has 0 radical (unpaired) electrons. The van der Waals surface area contributed by atoms with E-state index in [0.717, 1.165) is 12.8 Å². The fourth-order valence-corrected chi connectivity index (χ4v) is 2.94. The van der Waals surface area contributed by atoms with Gasteiger partial charge in [0.25, 0.3) is 10.1 Å². The molecular weight excluding hydrogens is 328 g/mol. The molecule has 9 heteroatoms. The Bertz CT molecular complexity index is 551. The standard InChI is InChI=1S/C14H22O8S/c15-12(21-7-8-23(18,19)20)10-3-1-2-4-11(10)13(16)22-9-14(17)5-6-14/h10-11,17H,1-9H2,(H,18,19,20). The highest BCUT2D eigenvalue weighted by molar-refractivity contribution is 7.85. The van der Waals surface area contributed by atoms with Gasteiger partial charge in [-0.1, -0.05) is 12.8 Å². The molecule has 0 bridgehead atoms. The highest BCUT2D eigenvalue weighted by atomic mass is 32.2. The van der Waals surface area contributed by atoms with Crippen LogP contribution in [-0.4, -0.2) is 54.6 Å². The first-order valence-electron chi connectivity index (χ1n) is 7.71. The van der Waals surface area contributed by atoms with Crippen LogP contribution in [0.1, 0.15) is 38.5 Å². The van der Waals surface area contributed by atoms with E-state index in [2.05, 4.69) is 0 Å². The van der Waals surface area contributed by atoms with E-state index in [1.165, 1.54) is 0 Å². The lowest BCUT2D eigenvalue weighted by molar-refractivity contribution is -0.164. The summed E-state index contributed by atoms with van der Waals surface area (Å²) in [4.78, 5) is 24.2. The second kappa shape index (κ2) is 7.14. The third-order valence-electron chi connectivity index (χ3n) is 4.27. The van der Waals surface area contributed by atoms with Crippen LogP contribution in [-0.2, 0) is 29.2 Å². The van der Waals surface area contributed by atoms with Gasteiger partial charge < -0.3 is 14.6 Å². The summed E-state index contributed by atoms with van der Waals surface area (Å²) < 4.78 is 39.8. The van der Waals surface area contributed by atoms with Crippen molar-refractivity contribution in [3.05, 3.63) is 0 Å². The Hall–Kier alpha value is -1.19. The summed E-state index contributed by atoms with van der Waals surface area (Å²) in [6.45, 7) is -0.511. The molecule has 0 saturated heterocycles. The topological polar surface area (TPSA) is 127 Å². The summed E-state index contributed by atoms with van der Waals surface area (Å²) in [5.41, 5.74) is -0.907. The van der Waals surface area contributed by atoms with Crippen LogP contribution in [0.2, 0.25) is 0 Å². The molecule has 2 N–H and O–H groups in total. The molecule has 2 aliphatic rings. The van der Waals surface area contributed by atoms with Crippen LogP contribution < -0.4 is 0 Å². The van der Waals surface area contributed by atoms with Crippen molar-refractivity contribution in [2.45, 2.75) is 44.1 Å². The number of hydrogen-bond donors (Lipinski definition) is 2. The minimum Gasteiger partial charge on any atom is -0.464 e. The van der Waals surface area contributed by atoms with E-state index in [-0.39, 0.29) is 6.61 Å². The average Bonchev–Trinajstić information content (AvgIpc) is 3.21. The van der Waals surface area contributed by atoms with Gasteiger partial charge in [0.1, 0.15) is 19.0 Å². The lowest BCUT2D eigenvalue weighted by Crippen LogP contribution is -2.36. The molecule has 2 rings (SSSR count). The molecule has 8 nitrogen and oxygen atoms in total. The first kappa shape index (κ1) is 18.2. The summed E-state index contributed by atoms with van der Waals surface area (Å²) in [5, 5.41) is 9.69. The molecule has 23 heavy (non-hydrogen) atoms. The molecule has 2 saturated carbocycles. The third kappa shape index (κ3) is 5.74. The maximum Gasteiger partial charge on any atom is 0.309 e. The molecule has 2 fully saturated rings. The summed E-state index contributed by atoms with van der Waals surface area (Å²) >= 11 is 0. The molecule has 132 valence electrons. The zero-order valence-electron chi connectivity index (χ0n) is 12.8. The number of esters is 2. The molecule has 0 heterocycles. The van der Waals surface area contributed by atoms with Crippen LogP contribution in [0.25, 0.3) is 0 Å². The predicted molar refractivity (Wildman–Crippen MR) is 78.0 cm³/mol. The number of aliphatic hydroxyl groups is 1. The minimum absolute atomic E-state index is 0.0626. The first-order chi connectivity index (χ1) is 10.7. The fraction of sp³-hybridized carbons (Fsp3) is 0.857. The third-order valence-corrected chi connectivity index (χ3v) is 4.95. The number of rotatable bonds is 7. The highest BCUT2D eigenvalue weighted by Gasteiger charge is 2.43. The SMILES string of the molecule is O=C(OCCS(=O)(=O)O)C1CCCCC1C(=O)OCC1(O)CC1. The Labute approximate surface area is 134 Å². The van der Waals surface area contributed by atoms with Crippen LogP contribution >= 0.6 is 0 Å². The van der Waals surface area contributed by atoms with Crippen molar-refractivity contribution in [2.24, 2.45) is 11.8 Å². The molecule has 0 aromatic carbocycles. The van der Waals surface area contributed by atoms with Crippen LogP contribution in [0.3, 0.4) is 0 Å². The Morgan fingerprint density at radius 3 is 2.04 bits per heavy atom. The smallest absolute Gasteiger partial charge is 0.309 e. The number of hydrogen-bond acceptors (Lipinski definition) is 7. The van der Waals surface area contributed by atoms with E-state index in [9.17, 15) is 23.1 Å². The summed E-state index contributed by atoms with van der Waals surface area (Å²) in [5.74, 6) is -3.16. The van der Waals surface area contributed by atoms with E-state index in [4.69, 9.17) is 14.0 Å². The van der Waals surface area contributed by atoms with Gasteiger partial charge in [0.05, 0.1) is 17.4 Å². The van der Waals surface area contributed by atoms with E-state index in [1.807, 2.05) is 0 Å². The molecule has 2 unspecified atom stereocenters. The summed E-state index contributed by atoms with van der Waals surface area (Å²) in [6, 6.07) is 0. The Morgan fingerprint density at radius 1 is 1.04 bits per heavy atom. The van der Waals surface area contributed by atoms with Crippen molar-refractivity contribution < 1.29 is 37.1 Å². The average molecular weight is 350 g/mol. The van der Waals surface area contributed by atoms with Gasteiger partial charge in [-0.25, -0.2) is 0 Å². The van der Waals surface area contributed by atoms with E-state index in [0.29, 0.717) is 25.7 Å². The summed E-state index contributed by atoms with van der Waals surface area (Å²) in [6.07, 6.45) is 3.73. The second-order valence-corrected chi connectivity index (χ2v) is 7.86. The predicted octanol–water partition coefficient (Wildman–Crippen LogP) is 0.292. The van der Waals surface area contributed by atoms with Crippen LogP contribution in [0.5, 0.6) is 0 Å². The van der Waals surface area contributed by atoms with Crippen LogP contribution in [0.4, 0.5) is 0 Å². The van der Waals surface area contributed by atoms with E-state index >= 15 is 0 Å². The van der Waals surface area contributed by atoms with Gasteiger partial charge in [0.2, 0.25) is 0 Å². The number of carbonyl (C=O) groups is 2. The normalized spacial score (nSPS) is 26.3. The Balaban J connectivity index is 1.86. The fourth-order valence-electron chi connectivity index (χ4n) is 2.65. The van der Waals surface area contributed by atoms with Gasteiger partial charge in [-0.05, 0) is 25.7 Å². The van der Waals surface area contributed by atoms with Crippen molar-refractivity contribution >= 4 is 22.1 Å². The van der Waals surface area contributed by atoms with Crippen molar-refractivity contribution in [3.8, 4) is 0 Å². The largest absolute Gasteiger partial charge is 0.464 e. The van der Waals surface area contributed by atoms with Gasteiger partial charge in [0.15, 0.2) is 0 Å². The molecule has 0 aromatic heterocycles.